The first-order valence-corrected chi connectivity index (χ1v) is 11.3. The van der Waals surface area contributed by atoms with Crippen LogP contribution in [0.25, 0.3) is 11.0 Å². The van der Waals surface area contributed by atoms with Crippen LogP contribution < -0.4 is 15.4 Å². The van der Waals surface area contributed by atoms with Crippen LogP contribution in [0.3, 0.4) is 0 Å². The number of halogens is 4. The Balaban J connectivity index is 1.71. The standard InChI is InChI=1S/C25H18Cl2F2N4O2/c1-13-21(23(34)31-16-9-6-14(26)7-10-16)22(17-12-15(27)8-11-20(17)35-24(28)29)33-19-5-3-2-4-18(19)32-25(33)30-13/h2-12,22,24H,1H3,(H,30,32)(H,31,34)/t22-/m1/s1. The molecule has 1 atom stereocenters. The van der Waals surface area contributed by atoms with Crippen LogP contribution in [0.2, 0.25) is 10.0 Å². The highest BCUT2D eigenvalue weighted by atomic mass is 35.5. The number of hydrogen-bond acceptors (Lipinski definition) is 4. The molecule has 3 aromatic carbocycles. The topological polar surface area (TPSA) is 68.2 Å². The number of carbonyl (C=O) groups excluding carboxylic acids is 1. The molecule has 1 amide bonds. The van der Waals surface area contributed by atoms with E-state index in [1.807, 2.05) is 24.3 Å². The molecule has 10 heteroatoms. The number of para-hydroxylation sites is 2. The molecular weight excluding hydrogens is 497 g/mol. The highest BCUT2D eigenvalue weighted by molar-refractivity contribution is 6.31. The van der Waals surface area contributed by atoms with Gasteiger partial charge in [-0.2, -0.15) is 8.78 Å². The zero-order valence-corrected chi connectivity index (χ0v) is 19.7. The van der Waals surface area contributed by atoms with Gasteiger partial charge in [-0.25, -0.2) is 4.98 Å². The number of ether oxygens (including phenoxy) is 1. The van der Waals surface area contributed by atoms with Gasteiger partial charge in [0.15, 0.2) is 0 Å². The van der Waals surface area contributed by atoms with E-state index in [4.69, 9.17) is 27.9 Å². The molecule has 6 nitrogen and oxygen atoms in total. The molecule has 0 bridgehead atoms. The van der Waals surface area contributed by atoms with Gasteiger partial charge in [0.05, 0.1) is 22.6 Å². The molecule has 4 aromatic rings. The number of alkyl halides is 2. The molecule has 2 heterocycles. The number of nitrogens with one attached hydrogen (secondary N) is 2. The summed E-state index contributed by atoms with van der Waals surface area (Å²) in [4.78, 5) is 18.3. The van der Waals surface area contributed by atoms with E-state index in [0.29, 0.717) is 44.0 Å². The molecule has 0 radical (unpaired) electrons. The lowest BCUT2D eigenvalue weighted by Gasteiger charge is -2.31. The third-order valence-corrected chi connectivity index (χ3v) is 6.15. The summed E-state index contributed by atoms with van der Waals surface area (Å²) in [5.74, 6) is -0.0712. The van der Waals surface area contributed by atoms with Crippen LogP contribution >= 0.6 is 23.2 Å². The lowest BCUT2D eigenvalue weighted by atomic mass is 9.93. The first-order valence-electron chi connectivity index (χ1n) is 10.6. The number of aromatic nitrogens is 2. The summed E-state index contributed by atoms with van der Waals surface area (Å²) >= 11 is 12.3. The Hall–Kier alpha value is -3.62. The van der Waals surface area contributed by atoms with Crippen LogP contribution in [-0.2, 0) is 4.79 Å². The number of nitrogens with zero attached hydrogens (tertiary/aromatic N) is 2. The molecule has 35 heavy (non-hydrogen) atoms. The highest BCUT2D eigenvalue weighted by Gasteiger charge is 2.36. The summed E-state index contributed by atoms with van der Waals surface area (Å²) in [5, 5.41) is 6.87. The largest absolute Gasteiger partial charge is 0.434 e. The van der Waals surface area contributed by atoms with Crippen molar-refractivity contribution in [2.24, 2.45) is 0 Å². The predicted octanol–water partition coefficient (Wildman–Crippen LogP) is 6.87. The average molecular weight is 515 g/mol. The van der Waals surface area contributed by atoms with Crippen LogP contribution in [0.4, 0.5) is 20.4 Å². The van der Waals surface area contributed by atoms with E-state index in [1.165, 1.54) is 18.2 Å². The number of imidazole rings is 1. The Morgan fingerprint density at radius 1 is 1.09 bits per heavy atom. The van der Waals surface area contributed by atoms with Crippen molar-refractivity contribution < 1.29 is 18.3 Å². The number of hydrogen-bond donors (Lipinski definition) is 2. The number of fused-ring (bicyclic) bond motifs is 3. The summed E-state index contributed by atoms with van der Waals surface area (Å²) in [5.41, 5.74) is 2.99. The van der Waals surface area contributed by atoms with E-state index in [9.17, 15) is 13.6 Å². The second-order valence-corrected chi connectivity index (χ2v) is 8.75. The minimum absolute atomic E-state index is 0.0929. The summed E-state index contributed by atoms with van der Waals surface area (Å²) in [6.07, 6.45) is 0. The second kappa shape index (κ2) is 9.20. The smallest absolute Gasteiger partial charge is 0.387 e. The zero-order valence-electron chi connectivity index (χ0n) is 18.2. The molecular formula is C25H18Cl2F2N4O2. The van der Waals surface area contributed by atoms with Gasteiger partial charge in [0.2, 0.25) is 5.95 Å². The quantitative estimate of drug-likeness (QED) is 0.304. The van der Waals surface area contributed by atoms with E-state index in [1.54, 1.807) is 35.8 Å². The maximum Gasteiger partial charge on any atom is 0.387 e. The fourth-order valence-electron chi connectivity index (χ4n) is 4.22. The molecule has 1 aliphatic heterocycles. The average Bonchev–Trinajstić information content (AvgIpc) is 3.18. The zero-order chi connectivity index (χ0) is 24.7. The normalized spacial score (nSPS) is 15.2. The number of amides is 1. The van der Waals surface area contributed by atoms with Crippen LogP contribution in [0.1, 0.15) is 18.5 Å². The summed E-state index contributed by atoms with van der Waals surface area (Å²) in [6, 6.07) is 17.5. The molecule has 2 N–H and O–H groups in total. The van der Waals surface area contributed by atoms with Crippen molar-refractivity contribution in [3.05, 3.63) is 93.6 Å². The van der Waals surface area contributed by atoms with Crippen molar-refractivity contribution in [1.29, 1.82) is 0 Å². The van der Waals surface area contributed by atoms with Gasteiger partial charge in [0.25, 0.3) is 5.91 Å². The first-order chi connectivity index (χ1) is 16.8. The number of carbonyl (C=O) groups is 1. The van der Waals surface area contributed by atoms with Crippen molar-refractivity contribution >= 4 is 51.8 Å². The maximum atomic E-state index is 13.6. The van der Waals surface area contributed by atoms with Gasteiger partial charge in [-0.1, -0.05) is 35.3 Å². The molecule has 1 aliphatic rings. The Labute approximate surface area is 209 Å². The van der Waals surface area contributed by atoms with Crippen molar-refractivity contribution in [3.63, 3.8) is 0 Å². The Morgan fingerprint density at radius 2 is 1.80 bits per heavy atom. The fourth-order valence-corrected chi connectivity index (χ4v) is 4.53. The molecule has 0 unspecified atom stereocenters. The molecule has 0 saturated carbocycles. The van der Waals surface area contributed by atoms with Gasteiger partial charge in [-0.3, -0.25) is 9.36 Å². The third-order valence-electron chi connectivity index (χ3n) is 5.66. The number of benzene rings is 3. The summed E-state index contributed by atoms with van der Waals surface area (Å²) in [7, 11) is 0. The monoisotopic (exact) mass is 514 g/mol. The molecule has 0 spiro atoms. The minimum Gasteiger partial charge on any atom is -0.434 e. The SMILES string of the molecule is CC1=C(C(=O)Nc2ccc(Cl)cc2)[C@@H](c2cc(Cl)ccc2OC(F)F)n2c(nc3ccccc32)N1. The maximum absolute atomic E-state index is 13.6. The minimum atomic E-state index is -3.06. The van der Waals surface area contributed by atoms with Crippen molar-refractivity contribution in [1.82, 2.24) is 9.55 Å². The van der Waals surface area contributed by atoms with Gasteiger partial charge in [-0.15, -0.1) is 0 Å². The highest BCUT2D eigenvalue weighted by Crippen LogP contribution is 2.43. The van der Waals surface area contributed by atoms with Crippen molar-refractivity contribution in [2.45, 2.75) is 19.6 Å². The van der Waals surface area contributed by atoms with Crippen LogP contribution in [0.15, 0.2) is 78.0 Å². The summed E-state index contributed by atoms with van der Waals surface area (Å²) in [6.45, 7) is -1.34. The van der Waals surface area contributed by atoms with Crippen LogP contribution in [0.5, 0.6) is 5.75 Å². The Kier molecular flexibility index (Phi) is 6.08. The molecule has 178 valence electrons. The Morgan fingerprint density at radius 3 is 2.54 bits per heavy atom. The van der Waals surface area contributed by atoms with E-state index in [2.05, 4.69) is 15.6 Å². The van der Waals surface area contributed by atoms with Crippen molar-refractivity contribution in [3.8, 4) is 5.75 Å². The van der Waals surface area contributed by atoms with E-state index < -0.39 is 18.6 Å². The lowest BCUT2D eigenvalue weighted by Crippen LogP contribution is -2.31. The first kappa shape index (κ1) is 23.1. The van der Waals surface area contributed by atoms with Crippen molar-refractivity contribution in [2.75, 3.05) is 10.6 Å². The summed E-state index contributed by atoms with van der Waals surface area (Å²) < 4.78 is 33.3. The van der Waals surface area contributed by atoms with Gasteiger partial charge >= 0.3 is 6.61 Å². The lowest BCUT2D eigenvalue weighted by molar-refractivity contribution is -0.113. The third kappa shape index (κ3) is 4.42. The van der Waals surface area contributed by atoms with Crippen LogP contribution in [0, 0.1) is 0 Å². The second-order valence-electron chi connectivity index (χ2n) is 7.88. The molecule has 0 fully saturated rings. The van der Waals surface area contributed by atoms with E-state index in [0.717, 1.165) is 0 Å². The van der Waals surface area contributed by atoms with Gasteiger partial charge in [-0.05, 0) is 61.5 Å². The molecule has 0 saturated heterocycles. The number of anilines is 2. The van der Waals surface area contributed by atoms with E-state index >= 15 is 0 Å². The molecule has 1 aromatic heterocycles. The fraction of sp³-hybridized carbons (Fsp3) is 0.120. The Bertz CT molecular complexity index is 1470. The molecule has 5 rings (SSSR count). The molecule has 0 aliphatic carbocycles. The van der Waals surface area contributed by atoms with E-state index in [-0.39, 0.29) is 11.3 Å². The van der Waals surface area contributed by atoms with Gasteiger partial charge in [0, 0.05) is 27.0 Å². The predicted molar refractivity (Wildman–Crippen MR) is 132 cm³/mol. The number of allylic oxidation sites excluding steroid dienone is 1. The van der Waals surface area contributed by atoms with Gasteiger partial charge < -0.3 is 15.4 Å². The number of rotatable bonds is 5. The van der Waals surface area contributed by atoms with Crippen LogP contribution in [-0.4, -0.2) is 22.1 Å². The van der Waals surface area contributed by atoms with Gasteiger partial charge in [0.1, 0.15) is 5.75 Å².